The zero-order chi connectivity index (χ0) is 41.3. The number of hydrogen-bond donors (Lipinski definition) is 0. The maximum absolute atomic E-state index is 9.63. The molecule has 10 aromatic carbocycles. The van der Waals surface area contributed by atoms with E-state index in [1.165, 1.54) is 0 Å². The van der Waals surface area contributed by atoms with Gasteiger partial charge in [0, 0.05) is 10.8 Å². The lowest BCUT2D eigenvalue weighted by molar-refractivity contribution is 0.669. The molecule has 0 spiro atoms. The number of hydrogen-bond acceptors (Lipinski definition) is 1. The van der Waals surface area contributed by atoms with Crippen LogP contribution in [0.15, 0.2) is 186 Å². The summed E-state index contributed by atoms with van der Waals surface area (Å²) in [4.78, 5) is 0. The van der Waals surface area contributed by atoms with Crippen LogP contribution in [0.25, 0.3) is 109 Å². The quantitative estimate of drug-likeness (QED) is 0.173. The molecule has 51 heavy (non-hydrogen) atoms. The van der Waals surface area contributed by atoms with Crippen molar-refractivity contribution in [3.63, 3.8) is 0 Å². The van der Waals surface area contributed by atoms with Crippen molar-refractivity contribution in [3.8, 4) is 33.4 Å². The summed E-state index contributed by atoms with van der Waals surface area (Å²) in [5.74, 6) is 0. The predicted octanol–water partition coefficient (Wildman–Crippen LogP) is 14.4. The lowest BCUT2D eigenvalue weighted by atomic mass is 9.82. The van der Waals surface area contributed by atoms with Gasteiger partial charge in [-0.2, -0.15) is 0 Å². The van der Waals surface area contributed by atoms with Crippen LogP contribution in [-0.4, -0.2) is 0 Å². The van der Waals surface area contributed by atoms with Crippen LogP contribution in [0.4, 0.5) is 0 Å². The molecule has 0 saturated carbocycles. The third-order valence-electron chi connectivity index (χ3n) is 10.1. The van der Waals surface area contributed by atoms with Gasteiger partial charge in [0.2, 0.25) is 0 Å². The van der Waals surface area contributed by atoms with Crippen LogP contribution in [-0.2, 0) is 0 Å². The Morgan fingerprint density at radius 3 is 1.59 bits per heavy atom. The molecular weight excluding hydrogens is 617 g/mol. The summed E-state index contributed by atoms with van der Waals surface area (Å²) in [7, 11) is 0. The monoisotopic (exact) mass is 655 g/mol. The fourth-order valence-corrected chi connectivity index (χ4v) is 7.92. The highest BCUT2D eigenvalue weighted by molar-refractivity contribution is 6.26. The zero-order valence-electron chi connectivity index (χ0n) is 36.0. The van der Waals surface area contributed by atoms with E-state index in [0.717, 1.165) is 65.3 Å². The van der Waals surface area contributed by atoms with Crippen LogP contribution < -0.4 is 0 Å². The van der Waals surface area contributed by atoms with Gasteiger partial charge in [-0.3, -0.25) is 0 Å². The first-order valence-electron chi connectivity index (χ1n) is 21.4. The SMILES string of the molecule is [2H]c1c([2H])c(-c2cc3ccccc3cc2-c2c3ccccc3c(-c3cccc4ccccc34)c3ccccc23)c2c(oc3c([2H])c4c([2H])c([2H])c([2H])c([2H])c4c([2H])c32)c1[2H]. The summed E-state index contributed by atoms with van der Waals surface area (Å²) in [6, 6.07) is 39.5. The molecule has 0 amide bonds. The first kappa shape index (κ1) is 20.7. The van der Waals surface area contributed by atoms with E-state index in [0.29, 0.717) is 5.56 Å². The van der Waals surface area contributed by atoms with Gasteiger partial charge in [0.1, 0.15) is 11.2 Å². The molecule has 0 unspecified atom stereocenters. The lowest BCUT2D eigenvalue weighted by Crippen LogP contribution is -1.94. The number of rotatable bonds is 3. The number of benzene rings is 10. The number of furan rings is 1. The van der Waals surface area contributed by atoms with Crippen LogP contribution in [0.3, 0.4) is 0 Å². The minimum atomic E-state index is -0.536. The number of fused-ring (bicyclic) bond motifs is 8. The minimum Gasteiger partial charge on any atom is -0.456 e. The van der Waals surface area contributed by atoms with Crippen molar-refractivity contribution in [2.45, 2.75) is 0 Å². The minimum absolute atomic E-state index is 0.0460. The van der Waals surface area contributed by atoms with Crippen LogP contribution in [0.5, 0.6) is 0 Å². The topological polar surface area (TPSA) is 13.1 Å². The fourth-order valence-electron chi connectivity index (χ4n) is 7.92. The average Bonchev–Trinajstić information content (AvgIpc) is 3.68. The molecule has 0 radical (unpaired) electrons. The van der Waals surface area contributed by atoms with Crippen LogP contribution in [0.1, 0.15) is 12.3 Å². The van der Waals surface area contributed by atoms with Gasteiger partial charge in [-0.15, -0.1) is 0 Å². The summed E-state index contributed by atoms with van der Waals surface area (Å²) in [5.41, 5.74) is 4.33. The van der Waals surface area contributed by atoms with E-state index in [4.69, 9.17) is 12.6 Å². The molecule has 11 aromatic rings. The van der Waals surface area contributed by atoms with Gasteiger partial charge in [0.25, 0.3) is 0 Å². The summed E-state index contributed by atoms with van der Waals surface area (Å²) in [6.07, 6.45) is 0. The van der Waals surface area contributed by atoms with Gasteiger partial charge < -0.3 is 4.42 Å². The molecule has 0 saturated heterocycles. The summed E-state index contributed by atoms with van der Waals surface area (Å²) in [6.45, 7) is 0. The van der Waals surface area contributed by atoms with Gasteiger partial charge in [0.05, 0.1) is 12.3 Å². The molecule has 1 heteroatoms. The maximum Gasteiger partial charge on any atom is 0.136 e. The van der Waals surface area contributed by atoms with Gasteiger partial charge in [0.15, 0.2) is 0 Å². The summed E-state index contributed by atoms with van der Waals surface area (Å²) in [5, 5.41) is 7.87. The van der Waals surface area contributed by atoms with Crippen molar-refractivity contribution in [2.24, 2.45) is 0 Å². The van der Waals surface area contributed by atoms with Crippen LogP contribution >= 0.6 is 0 Å². The van der Waals surface area contributed by atoms with E-state index < -0.39 is 36.3 Å². The molecule has 0 N–H and O–H groups in total. The molecule has 0 fully saturated rings. The Kier molecular flexibility index (Phi) is 4.43. The standard InChI is InChI=1S/C50H30O/c1-2-15-33-28-44(43(27-32(33)14-1)42-25-12-26-46-50(42)45-29-34-16-3-4-17-35(34)30-47(45)51-46)49-40-22-9-7-20-38(40)48(39-21-8-10-23-41(39)49)37-24-11-18-31-13-5-6-19-36(31)37/h1-30H/i3D,4D,12D,16D,17D,25D,26D,29D,30D. The lowest BCUT2D eigenvalue weighted by Gasteiger charge is -2.21. The second-order valence-corrected chi connectivity index (χ2v) is 12.9. The van der Waals surface area contributed by atoms with E-state index in [1.54, 1.807) is 0 Å². The van der Waals surface area contributed by atoms with Crippen molar-refractivity contribution < 1.29 is 16.8 Å². The first-order chi connectivity index (χ1) is 29.1. The molecule has 236 valence electrons. The fraction of sp³-hybridized carbons (Fsp3) is 0. The molecule has 0 aliphatic heterocycles. The van der Waals surface area contributed by atoms with Crippen molar-refractivity contribution >= 4 is 75.8 Å². The van der Waals surface area contributed by atoms with Crippen molar-refractivity contribution in [1.82, 2.24) is 0 Å². The Labute approximate surface area is 307 Å². The highest BCUT2D eigenvalue weighted by atomic mass is 16.3. The summed E-state index contributed by atoms with van der Waals surface area (Å²) < 4.78 is 87.1. The van der Waals surface area contributed by atoms with Gasteiger partial charge >= 0.3 is 0 Å². The van der Waals surface area contributed by atoms with Gasteiger partial charge in [-0.1, -0.05) is 152 Å². The van der Waals surface area contributed by atoms with E-state index in [2.05, 4.69) is 66.7 Å². The molecule has 1 aromatic heterocycles. The normalized spacial score (nSPS) is 14.4. The molecule has 1 nitrogen and oxygen atoms in total. The third kappa shape index (κ3) is 4.22. The Hall–Kier alpha value is -6.70. The molecule has 0 atom stereocenters. The predicted molar refractivity (Wildman–Crippen MR) is 218 cm³/mol. The highest BCUT2D eigenvalue weighted by Crippen LogP contribution is 2.49. The zero-order valence-corrected chi connectivity index (χ0v) is 27.0. The average molecular weight is 656 g/mol. The molecule has 1 heterocycles. The smallest absolute Gasteiger partial charge is 0.136 e. The van der Waals surface area contributed by atoms with E-state index in [-0.39, 0.29) is 56.4 Å². The van der Waals surface area contributed by atoms with Gasteiger partial charge in [-0.25, -0.2) is 0 Å². The molecular formula is C50H30O. The van der Waals surface area contributed by atoms with E-state index in [1.807, 2.05) is 60.7 Å². The van der Waals surface area contributed by atoms with Gasteiger partial charge in [-0.05, 0) is 118 Å². The largest absolute Gasteiger partial charge is 0.456 e. The molecule has 11 rings (SSSR count). The van der Waals surface area contributed by atoms with Crippen molar-refractivity contribution in [2.75, 3.05) is 0 Å². The highest BCUT2D eigenvalue weighted by Gasteiger charge is 2.22. The van der Waals surface area contributed by atoms with Crippen LogP contribution in [0, 0.1) is 0 Å². The second kappa shape index (κ2) is 10.9. The van der Waals surface area contributed by atoms with Crippen LogP contribution in [0.2, 0.25) is 0 Å². The first-order valence-corrected chi connectivity index (χ1v) is 16.9. The van der Waals surface area contributed by atoms with E-state index >= 15 is 0 Å². The molecule has 0 aliphatic carbocycles. The Morgan fingerprint density at radius 2 is 0.902 bits per heavy atom. The molecule has 0 aliphatic rings. The summed E-state index contributed by atoms with van der Waals surface area (Å²) >= 11 is 0. The second-order valence-electron chi connectivity index (χ2n) is 12.9. The molecule has 0 bridgehead atoms. The maximum atomic E-state index is 9.63. The Morgan fingerprint density at radius 1 is 0.353 bits per heavy atom. The third-order valence-corrected chi connectivity index (χ3v) is 10.1. The Bertz CT molecular complexity index is 3660. The van der Waals surface area contributed by atoms with Crippen molar-refractivity contribution in [3.05, 3.63) is 182 Å². The Balaban J connectivity index is 1.35. The van der Waals surface area contributed by atoms with E-state index in [9.17, 15) is 4.11 Å². The van der Waals surface area contributed by atoms with Crippen molar-refractivity contribution in [1.29, 1.82) is 0 Å².